The van der Waals surface area contributed by atoms with Crippen LogP contribution in [0.1, 0.15) is 67.5 Å². The number of ether oxygens (including phenoxy) is 1. The molecule has 3 heterocycles. The van der Waals surface area contributed by atoms with Crippen molar-refractivity contribution in [1.82, 2.24) is 14.5 Å². The summed E-state index contributed by atoms with van der Waals surface area (Å²) in [5, 5.41) is 1.66. The Hall–Kier alpha value is -0.206. The average Bonchev–Trinajstić information content (AvgIpc) is 3.19. The summed E-state index contributed by atoms with van der Waals surface area (Å²) < 4.78 is 16.6. The number of fused-ring (bicyclic) bond motifs is 1. The summed E-state index contributed by atoms with van der Waals surface area (Å²) in [7, 11) is -3.77. The Kier molecular flexibility index (Phi) is 8.00. The molecule has 0 aromatic carbocycles. The van der Waals surface area contributed by atoms with Crippen LogP contribution in [0.15, 0.2) is 6.20 Å². The van der Waals surface area contributed by atoms with Crippen LogP contribution in [-0.4, -0.2) is 43.3 Å². The number of anilines is 1. The molecule has 0 amide bonds. The number of rotatable bonds is 6. The number of hydrogen-bond donors (Lipinski definition) is 1. The third kappa shape index (κ3) is 5.54. The summed E-state index contributed by atoms with van der Waals surface area (Å²) in [5.74, 6) is 0.596. The van der Waals surface area contributed by atoms with E-state index in [2.05, 4.69) is 118 Å². The molecule has 1 fully saturated rings. The Morgan fingerprint density at radius 2 is 1.76 bits per heavy atom. The molecule has 1 N–H and O–H groups in total. The summed E-state index contributed by atoms with van der Waals surface area (Å²) in [6.07, 6.45) is 3.81. The summed E-state index contributed by atoms with van der Waals surface area (Å²) in [6.45, 7) is 25.0. The van der Waals surface area contributed by atoms with Crippen LogP contribution < -0.4 is 4.98 Å². The molecule has 2 aromatic heterocycles. The van der Waals surface area contributed by atoms with Crippen LogP contribution in [0.25, 0.3) is 11.0 Å². The molecule has 1 unspecified atom stereocenters. The second kappa shape index (κ2) is 9.59. The summed E-state index contributed by atoms with van der Waals surface area (Å²) in [5.41, 5.74) is 0.818. The van der Waals surface area contributed by atoms with E-state index < -0.39 is 16.6 Å². The van der Waals surface area contributed by atoms with Gasteiger partial charge in [-0.2, -0.15) is 4.98 Å². The van der Waals surface area contributed by atoms with Crippen LogP contribution in [0.2, 0.25) is 41.4 Å². The lowest BCUT2D eigenvalue weighted by atomic mass is 10.1. The van der Waals surface area contributed by atoms with Gasteiger partial charge in [0.1, 0.15) is 17.0 Å². The lowest BCUT2D eigenvalue weighted by Gasteiger charge is -2.39. The van der Waals surface area contributed by atoms with Gasteiger partial charge in [0.15, 0.2) is 16.6 Å². The van der Waals surface area contributed by atoms with E-state index in [9.17, 15) is 0 Å². The Morgan fingerprint density at radius 1 is 1.15 bits per heavy atom. The van der Waals surface area contributed by atoms with Crippen molar-refractivity contribution in [1.29, 1.82) is 0 Å². The van der Waals surface area contributed by atoms with E-state index in [0.29, 0.717) is 11.1 Å². The molecule has 1 aliphatic heterocycles. The van der Waals surface area contributed by atoms with Crippen LogP contribution in [-0.2, 0) is 9.16 Å². The molecule has 1 saturated heterocycles. The lowest BCUT2D eigenvalue weighted by molar-refractivity contribution is -0.0160. The van der Waals surface area contributed by atoms with Gasteiger partial charge in [-0.15, -0.1) is 0 Å². The van der Waals surface area contributed by atoms with E-state index in [1.807, 2.05) is 0 Å². The van der Waals surface area contributed by atoms with Gasteiger partial charge in [-0.3, -0.25) is 0 Å². The van der Waals surface area contributed by atoms with Crippen molar-refractivity contribution in [2.75, 3.05) is 4.98 Å². The fourth-order valence-electron chi connectivity index (χ4n) is 3.72. The third-order valence-corrected chi connectivity index (χ3v) is 18.2. The van der Waals surface area contributed by atoms with Crippen molar-refractivity contribution in [3.8, 4) is 0 Å². The van der Waals surface area contributed by atoms with Crippen molar-refractivity contribution in [2.24, 2.45) is 0 Å². The topological polar surface area (TPSA) is 61.2 Å². The number of aromatic nitrogens is 3. The van der Waals surface area contributed by atoms with Gasteiger partial charge in [0.05, 0.1) is 17.6 Å². The second-order valence-corrected chi connectivity index (χ2v) is 23.9. The van der Waals surface area contributed by atoms with Crippen molar-refractivity contribution < 1.29 is 9.16 Å². The van der Waals surface area contributed by atoms with E-state index in [0.717, 1.165) is 27.4 Å². The normalized spacial score (nSPS) is 22.6. The molecule has 0 spiro atoms. The Morgan fingerprint density at radius 3 is 2.29 bits per heavy atom. The van der Waals surface area contributed by atoms with Gasteiger partial charge in [0.25, 0.3) is 0 Å². The zero-order valence-corrected chi connectivity index (χ0v) is 27.6. The smallest absolute Gasteiger partial charge is 0.218 e. The first-order valence-electron chi connectivity index (χ1n) is 12.2. The minimum atomic E-state index is -1.91. The number of halogens is 2. The molecular weight excluding hydrogens is 595 g/mol. The molecule has 34 heavy (non-hydrogen) atoms. The largest absolute Gasteiger partial charge is 0.411 e. The van der Waals surface area contributed by atoms with E-state index in [1.54, 1.807) is 0 Å². The molecule has 1 aliphatic rings. The Labute approximate surface area is 226 Å². The Bertz CT molecular complexity index is 1050. The molecule has 6 nitrogen and oxygen atoms in total. The van der Waals surface area contributed by atoms with Gasteiger partial charge in [-0.05, 0) is 52.2 Å². The number of hydrogen-bond acceptors (Lipinski definition) is 5. The van der Waals surface area contributed by atoms with Crippen LogP contribution in [0.3, 0.4) is 0 Å². The highest BCUT2D eigenvalue weighted by Crippen LogP contribution is 2.43. The molecule has 0 bridgehead atoms. The third-order valence-electron chi connectivity index (χ3n) is 8.03. The van der Waals surface area contributed by atoms with Crippen molar-refractivity contribution in [3.05, 3.63) is 14.9 Å². The van der Waals surface area contributed by atoms with Gasteiger partial charge in [0.2, 0.25) is 5.95 Å². The first-order valence-corrected chi connectivity index (χ1v) is 19.6. The molecule has 192 valence electrons. The molecule has 2 aromatic rings. The minimum Gasteiger partial charge on any atom is -0.411 e. The highest BCUT2D eigenvalue weighted by Gasteiger charge is 2.45. The van der Waals surface area contributed by atoms with Crippen molar-refractivity contribution >= 4 is 67.7 Å². The summed E-state index contributed by atoms with van der Waals surface area (Å²) in [4.78, 5) is 13.2. The van der Waals surface area contributed by atoms with E-state index in [-0.39, 0.29) is 28.5 Å². The van der Waals surface area contributed by atoms with E-state index >= 15 is 0 Å². The predicted octanol–water partition coefficient (Wildman–Crippen LogP) is 8.19. The van der Waals surface area contributed by atoms with Crippen LogP contribution in [0.5, 0.6) is 0 Å². The fourth-order valence-corrected chi connectivity index (χ4v) is 7.34. The molecule has 0 radical (unpaired) electrons. The van der Waals surface area contributed by atoms with Crippen LogP contribution >= 0.6 is 34.2 Å². The highest BCUT2D eigenvalue weighted by molar-refractivity contribution is 14.1. The summed E-state index contributed by atoms with van der Waals surface area (Å²) in [6, 6.07) is 0. The Balaban J connectivity index is 1.97. The van der Waals surface area contributed by atoms with Crippen LogP contribution in [0.4, 0.5) is 5.95 Å². The van der Waals surface area contributed by atoms with Crippen LogP contribution in [0, 0.1) is 3.57 Å². The van der Waals surface area contributed by atoms with Gasteiger partial charge < -0.3 is 18.7 Å². The predicted molar refractivity (Wildman–Crippen MR) is 157 cm³/mol. The first kappa shape index (κ1) is 28.4. The van der Waals surface area contributed by atoms with E-state index in [4.69, 9.17) is 25.7 Å². The average molecular weight is 637 g/mol. The lowest BCUT2D eigenvalue weighted by Crippen LogP contribution is -2.46. The number of nitrogens with zero attached hydrogens (tertiary/aromatic N) is 3. The molecule has 3 rings (SSSR count). The minimum absolute atomic E-state index is 0.0661. The molecule has 3 atom stereocenters. The van der Waals surface area contributed by atoms with Gasteiger partial charge in [0, 0.05) is 16.2 Å². The van der Waals surface area contributed by atoms with Crippen molar-refractivity contribution in [3.63, 3.8) is 0 Å². The second-order valence-electron chi connectivity index (χ2n) is 12.6. The number of nitrogens with one attached hydrogen (secondary N) is 1. The zero-order chi connectivity index (χ0) is 25.9. The quantitative estimate of drug-likeness (QED) is 0.197. The van der Waals surface area contributed by atoms with Gasteiger partial charge in [-0.1, -0.05) is 73.2 Å². The maximum absolute atomic E-state index is 6.82. The first-order chi connectivity index (χ1) is 15.4. The summed E-state index contributed by atoms with van der Waals surface area (Å²) >= 11 is 9.02. The highest BCUT2D eigenvalue weighted by atomic mass is 127. The van der Waals surface area contributed by atoms with Crippen molar-refractivity contribution in [2.45, 2.75) is 116 Å². The molecule has 10 heteroatoms. The monoisotopic (exact) mass is 636 g/mol. The standard InChI is InChI=1S/C24H42ClIN4O2Si2/c1-12-16-17(32-34(10,11)24(5,6)7)13-18(31-16)30-14-15(26)19-20(25)27-22(28-21(19)30)29-33(8,9)23(2,3)4/h14,16-18H,12-13H2,1-11H3,(H,27,28,29)/t16-,17?,18-/m1/s1. The molecular formula is C24H42ClIN4O2Si2. The fraction of sp³-hybridized carbons (Fsp3) is 0.750. The molecule has 0 aliphatic carbocycles. The van der Waals surface area contributed by atoms with Gasteiger partial charge in [-0.25, -0.2) is 4.98 Å². The SMILES string of the molecule is CC[C@H]1O[C@@H](n2cc(I)c3c(Cl)nc(N[Si](C)(C)C(C)(C)C)nc32)CC1O[Si](C)(C)C(C)(C)C. The zero-order valence-electron chi connectivity index (χ0n) is 22.6. The maximum Gasteiger partial charge on any atom is 0.218 e. The maximum atomic E-state index is 6.82. The molecule has 0 saturated carbocycles. The van der Waals surface area contributed by atoms with Gasteiger partial charge >= 0.3 is 0 Å². The van der Waals surface area contributed by atoms with E-state index in [1.165, 1.54) is 0 Å².